The van der Waals surface area contributed by atoms with Crippen LogP contribution in [0.25, 0.3) is 34.3 Å². The van der Waals surface area contributed by atoms with Gasteiger partial charge < -0.3 is 24.2 Å². The number of benzene rings is 2. The molecular weight excluding hydrogens is 628 g/mol. The number of amides is 2. The molecule has 0 saturated carbocycles. The van der Waals surface area contributed by atoms with Crippen molar-refractivity contribution in [3.05, 3.63) is 90.1 Å². The van der Waals surface area contributed by atoms with E-state index in [4.69, 9.17) is 19.2 Å². The molecule has 0 bridgehead atoms. The monoisotopic (exact) mass is 658 g/mol. The maximum Gasteiger partial charge on any atom is 0.231 e. The zero-order valence-electron chi connectivity index (χ0n) is 26.3. The van der Waals surface area contributed by atoms with Crippen LogP contribution < -0.4 is 24.8 Å². The Labute approximate surface area is 279 Å². The molecule has 5 heterocycles. The summed E-state index contributed by atoms with van der Waals surface area (Å²) in [5.41, 5.74) is 4.28. The summed E-state index contributed by atoms with van der Waals surface area (Å²) >= 11 is 0. The molecule has 4 aromatic heterocycles. The Morgan fingerprint density at radius 1 is 0.755 bits per heavy atom. The van der Waals surface area contributed by atoms with Crippen molar-refractivity contribution in [3.8, 4) is 51.5 Å². The van der Waals surface area contributed by atoms with Crippen molar-refractivity contribution in [2.24, 2.45) is 0 Å². The molecule has 0 unspecified atom stereocenters. The van der Waals surface area contributed by atoms with Crippen LogP contribution in [0.1, 0.15) is 17.5 Å². The summed E-state index contributed by atoms with van der Waals surface area (Å²) in [5, 5.41) is 21.9. The Morgan fingerprint density at radius 3 is 2.18 bits per heavy atom. The van der Waals surface area contributed by atoms with Crippen molar-refractivity contribution < 1.29 is 23.8 Å². The topological polar surface area (TPSA) is 195 Å². The number of pyridine rings is 2. The molecule has 0 spiro atoms. The summed E-state index contributed by atoms with van der Waals surface area (Å²) in [7, 11) is 1.61. The van der Waals surface area contributed by atoms with E-state index in [9.17, 15) is 9.59 Å². The lowest BCUT2D eigenvalue weighted by atomic mass is 10.1. The first-order valence-corrected chi connectivity index (χ1v) is 15.4. The van der Waals surface area contributed by atoms with Gasteiger partial charge in [-0.3, -0.25) is 25.2 Å². The number of methoxy groups -OCH3 is 1. The molecule has 15 heteroatoms. The van der Waals surface area contributed by atoms with Gasteiger partial charge in [0.15, 0.2) is 23.1 Å². The van der Waals surface area contributed by atoms with Crippen molar-refractivity contribution in [1.82, 2.24) is 40.3 Å². The standard InChI is InChI=1S/C34H30N10O5/c1-47-23-10-5-20(6-11-23)8-14-29(45)37-33-39-31(41-43-33)25-12-9-22(19-35-25)24-3-2-4-26(36-24)32-40-34(44-42-32)38-30(46)18-21-7-13-27-28(17-21)49-16-15-48-27/h2-7,9-13,17,19H,8,14-16,18H2,1H3,(H2,37,39,41,43,45)(H2,38,40,42,44,46). The van der Waals surface area contributed by atoms with Crippen LogP contribution in [0.2, 0.25) is 0 Å². The van der Waals surface area contributed by atoms with Crippen molar-refractivity contribution in [1.29, 1.82) is 0 Å². The lowest BCUT2D eigenvalue weighted by Gasteiger charge is -2.18. The third-order valence-electron chi connectivity index (χ3n) is 7.55. The highest BCUT2D eigenvalue weighted by Gasteiger charge is 2.16. The smallest absolute Gasteiger partial charge is 0.231 e. The number of carbonyl (C=O) groups is 2. The van der Waals surface area contributed by atoms with Gasteiger partial charge in [0.2, 0.25) is 23.7 Å². The molecule has 0 radical (unpaired) electrons. The van der Waals surface area contributed by atoms with Gasteiger partial charge in [-0.15, -0.1) is 20.4 Å². The fourth-order valence-electron chi connectivity index (χ4n) is 5.08. The number of aryl methyl sites for hydroxylation is 1. The van der Waals surface area contributed by atoms with Gasteiger partial charge in [-0.05, 0) is 66.1 Å². The summed E-state index contributed by atoms with van der Waals surface area (Å²) in [4.78, 5) is 40.4. The highest BCUT2D eigenvalue weighted by molar-refractivity contribution is 5.91. The van der Waals surface area contributed by atoms with Crippen LogP contribution in [0.15, 0.2) is 79.0 Å². The summed E-state index contributed by atoms with van der Waals surface area (Å²) in [6, 6.07) is 22.1. The highest BCUT2D eigenvalue weighted by atomic mass is 16.6. The van der Waals surface area contributed by atoms with Crippen LogP contribution in [-0.4, -0.2) is 72.5 Å². The number of nitrogens with zero attached hydrogens (tertiary/aromatic N) is 6. The average molecular weight is 659 g/mol. The Bertz CT molecular complexity index is 2090. The van der Waals surface area contributed by atoms with Crippen LogP contribution in [0.3, 0.4) is 0 Å². The van der Waals surface area contributed by atoms with Crippen LogP contribution in [-0.2, 0) is 22.4 Å². The number of ether oxygens (including phenoxy) is 3. The van der Waals surface area contributed by atoms with E-state index < -0.39 is 0 Å². The van der Waals surface area contributed by atoms with E-state index in [1.807, 2.05) is 48.5 Å². The molecule has 0 saturated heterocycles. The second-order valence-electron chi connectivity index (χ2n) is 11.0. The van der Waals surface area contributed by atoms with E-state index in [-0.39, 0.29) is 36.6 Å². The number of aromatic nitrogens is 8. The van der Waals surface area contributed by atoms with Crippen molar-refractivity contribution >= 4 is 23.7 Å². The summed E-state index contributed by atoms with van der Waals surface area (Å²) in [6.45, 7) is 0.976. The number of hydrogen-bond donors (Lipinski definition) is 4. The molecule has 0 aliphatic carbocycles. The molecule has 7 rings (SSSR count). The van der Waals surface area contributed by atoms with E-state index in [0.29, 0.717) is 59.9 Å². The molecular formula is C34H30N10O5. The molecule has 0 fully saturated rings. The van der Waals surface area contributed by atoms with Crippen LogP contribution in [0, 0.1) is 0 Å². The number of aromatic amines is 2. The van der Waals surface area contributed by atoms with Gasteiger partial charge in [0.1, 0.15) is 30.4 Å². The zero-order valence-corrected chi connectivity index (χ0v) is 26.3. The molecule has 4 N–H and O–H groups in total. The first-order valence-electron chi connectivity index (χ1n) is 15.4. The lowest BCUT2D eigenvalue weighted by Crippen LogP contribution is -2.17. The van der Waals surface area contributed by atoms with E-state index >= 15 is 0 Å². The van der Waals surface area contributed by atoms with Crippen LogP contribution in [0.5, 0.6) is 17.2 Å². The molecule has 2 aromatic carbocycles. The van der Waals surface area contributed by atoms with Gasteiger partial charge >= 0.3 is 0 Å². The van der Waals surface area contributed by atoms with E-state index in [1.165, 1.54) is 0 Å². The second kappa shape index (κ2) is 14.0. The minimum absolute atomic E-state index is 0.124. The summed E-state index contributed by atoms with van der Waals surface area (Å²) in [5.74, 6) is 2.84. The zero-order chi connectivity index (χ0) is 33.6. The molecule has 246 valence electrons. The van der Waals surface area contributed by atoms with E-state index in [0.717, 1.165) is 22.4 Å². The third kappa shape index (κ3) is 7.51. The van der Waals surface area contributed by atoms with E-state index in [2.05, 4.69) is 46.0 Å². The van der Waals surface area contributed by atoms with E-state index in [1.54, 1.807) is 37.6 Å². The quantitative estimate of drug-likeness (QED) is 0.155. The fourth-order valence-corrected chi connectivity index (χ4v) is 5.08. The maximum atomic E-state index is 12.7. The van der Waals surface area contributed by atoms with Gasteiger partial charge in [0.05, 0.1) is 19.2 Å². The molecule has 6 aromatic rings. The minimum Gasteiger partial charge on any atom is -0.497 e. The summed E-state index contributed by atoms with van der Waals surface area (Å²) in [6.07, 6.45) is 2.65. The van der Waals surface area contributed by atoms with Crippen LogP contribution in [0.4, 0.5) is 11.9 Å². The Kier molecular flexibility index (Phi) is 8.86. The molecule has 0 atom stereocenters. The Balaban J connectivity index is 0.944. The second-order valence-corrected chi connectivity index (χ2v) is 11.0. The number of rotatable bonds is 11. The average Bonchev–Trinajstić information content (AvgIpc) is 3.81. The van der Waals surface area contributed by atoms with Gasteiger partial charge in [-0.1, -0.05) is 24.3 Å². The van der Waals surface area contributed by atoms with Gasteiger partial charge in [-0.25, -0.2) is 4.98 Å². The normalized spacial score (nSPS) is 11.9. The molecule has 1 aliphatic rings. The lowest BCUT2D eigenvalue weighted by molar-refractivity contribution is -0.116. The molecule has 15 nitrogen and oxygen atoms in total. The number of fused-ring (bicyclic) bond motifs is 1. The van der Waals surface area contributed by atoms with Gasteiger partial charge in [-0.2, -0.15) is 0 Å². The van der Waals surface area contributed by atoms with Gasteiger partial charge in [0.25, 0.3) is 0 Å². The first kappa shape index (κ1) is 31.0. The highest BCUT2D eigenvalue weighted by Crippen LogP contribution is 2.31. The van der Waals surface area contributed by atoms with Crippen molar-refractivity contribution in [2.45, 2.75) is 19.3 Å². The predicted octanol–water partition coefficient (Wildman–Crippen LogP) is 4.25. The molecule has 1 aliphatic heterocycles. The number of anilines is 2. The Hall–Kier alpha value is -6.64. The maximum absolute atomic E-state index is 12.7. The summed E-state index contributed by atoms with van der Waals surface area (Å²) < 4.78 is 16.3. The van der Waals surface area contributed by atoms with Crippen LogP contribution >= 0.6 is 0 Å². The van der Waals surface area contributed by atoms with Gasteiger partial charge in [0, 0.05) is 18.2 Å². The minimum atomic E-state index is -0.266. The SMILES string of the molecule is COc1ccc(CCC(=O)Nc2nnc(-c3ccc(-c4cccc(-c5nnc(NC(=O)Cc6ccc7c(c6)OCCO7)[nH]5)n4)cn3)[nH]2)cc1. The third-order valence-corrected chi connectivity index (χ3v) is 7.55. The largest absolute Gasteiger partial charge is 0.497 e. The van der Waals surface area contributed by atoms with Crippen molar-refractivity contribution in [3.63, 3.8) is 0 Å². The fraction of sp³-hybridized carbons (Fsp3) is 0.176. The number of carbonyl (C=O) groups excluding carboxylic acids is 2. The predicted molar refractivity (Wildman–Crippen MR) is 178 cm³/mol. The van der Waals surface area contributed by atoms with Crippen molar-refractivity contribution in [2.75, 3.05) is 31.0 Å². The number of hydrogen-bond acceptors (Lipinski definition) is 11. The Morgan fingerprint density at radius 2 is 1.45 bits per heavy atom. The number of nitrogens with one attached hydrogen (secondary N) is 4. The number of H-pyrrole nitrogens is 2. The first-order chi connectivity index (χ1) is 24.0. The molecule has 49 heavy (non-hydrogen) atoms. The molecule has 2 amide bonds.